The van der Waals surface area contributed by atoms with E-state index in [1.807, 2.05) is 56.3 Å². The standard InChI is InChI=1S/C18H16Cl2O2/c1-18(2)14(10-15(19)20)16(18)17(21)22-13-8-7-11-5-3-4-6-12(11)9-13/h3-10,14,16H,1-2H3/t14-,16+/m0/s1. The summed E-state index contributed by atoms with van der Waals surface area (Å²) in [5.74, 6) is 0.124. The quantitative estimate of drug-likeness (QED) is 0.559. The number of benzene rings is 2. The van der Waals surface area contributed by atoms with E-state index in [0.29, 0.717) is 5.75 Å². The second kappa shape index (κ2) is 5.60. The van der Waals surface area contributed by atoms with Crippen LogP contribution in [0.2, 0.25) is 0 Å². The molecule has 0 heterocycles. The average Bonchev–Trinajstić information content (AvgIpc) is 2.99. The minimum absolute atomic E-state index is 0.0189. The van der Waals surface area contributed by atoms with E-state index in [9.17, 15) is 4.79 Å². The fraction of sp³-hybridized carbons (Fsp3) is 0.278. The van der Waals surface area contributed by atoms with Crippen LogP contribution >= 0.6 is 23.2 Å². The van der Waals surface area contributed by atoms with Gasteiger partial charge in [-0.15, -0.1) is 0 Å². The maximum atomic E-state index is 12.4. The molecular formula is C18H16Cl2O2. The van der Waals surface area contributed by atoms with Crippen LogP contribution in [-0.4, -0.2) is 5.97 Å². The van der Waals surface area contributed by atoms with Crippen LogP contribution in [0.1, 0.15) is 13.8 Å². The third-order valence-corrected chi connectivity index (χ3v) is 4.66. The first-order chi connectivity index (χ1) is 10.4. The molecule has 22 heavy (non-hydrogen) atoms. The molecule has 1 fully saturated rings. The molecule has 0 aromatic heterocycles. The van der Waals surface area contributed by atoms with Crippen LogP contribution in [0, 0.1) is 17.3 Å². The van der Waals surface area contributed by atoms with E-state index in [-0.39, 0.29) is 27.7 Å². The summed E-state index contributed by atoms with van der Waals surface area (Å²) in [6.45, 7) is 4.02. The van der Waals surface area contributed by atoms with E-state index in [1.54, 1.807) is 6.08 Å². The van der Waals surface area contributed by atoms with Gasteiger partial charge >= 0.3 is 5.97 Å². The molecule has 0 N–H and O–H groups in total. The Balaban J connectivity index is 1.78. The molecule has 0 bridgehead atoms. The highest BCUT2D eigenvalue weighted by molar-refractivity contribution is 6.55. The Morgan fingerprint density at radius 1 is 1.14 bits per heavy atom. The highest BCUT2D eigenvalue weighted by Gasteiger charge is 2.61. The number of esters is 1. The summed E-state index contributed by atoms with van der Waals surface area (Å²) >= 11 is 11.4. The van der Waals surface area contributed by atoms with Gasteiger partial charge in [0, 0.05) is 0 Å². The molecule has 2 aromatic rings. The Labute approximate surface area is 139 Å². The van der Waals surface area contributed by atoms with Gasteiger partial charge in [-0.1, -0.05) is 67.4 Å². The first-order valence-electron chi connectivity index (χ1n) is 7.13. The lowest BCUT2D eigenvalue weighted by molar-refractivity contribution is -0.136. The fourth-order valence-electron chi connectivity index (χ4n) is 2.99. The van der Waals surface area contributed by atoms with Crippen LogP contribution in [0.25, 0.3) is 10.8 Å². The number of hydrogen-bond donors (Lipinski definition) is 0. The number of fused-ring (bicyclic) bond motifs is 1. The van der Waals surface area contributed by atoms with Gasteiger partial charge < -0.3 is 4.74 Å². The molecule has 114 valence electrons. The van der Waals surface area contributed by atoms with Crippen LogP contribution in [0.3, 0.4) is 0 Å². The van der Waals surface area contributed by atoms with Gasteiger partial charge in [0.2, 0.25) is 0 Å². The number of halogens is 2. The molecule has 2 atom stereocenters. The van der Waals surface area contributed by atoms with Crippen LogP contribution < -0.4 is 4.74 Å². The first kappa shape index (κ1) is 15.4. The highest BCUT2D eigenvalue weighted by atomic mass is 35.5. The third-order valence-electron chi connectivity index (χ3n) is 4.41. The Kier molecular flexibility index (Phi) is 3.92. The topological polar surface area (TPSA) is 26.3 Å². The predicted molar refractivity (Wildman–Crippen MR) is 90.1 cm³/mol. The minimum atomic E-state index is -0.240. The van der Waals surface area contributed by atoms with E-state index >= 15 is 0 Å². The van der Waals surface area contributed by atoms with Crippen molar-refractivity contribution in [2.75, 3.05) is 0 Å². The van der Waals surface area contributed by atoms with Crippen molar-refractivity contribution in [3.63, 3.8) is 0 Å². The summed E-state index contributed by atoms with van der Waals surface area (Å²) in [4.78, 5) is 12.4. The Morgan fingerprint density at radius 2 is 1.82 bits per heavy atom. The van der Waals surface area contributed by atoms with Crippen molar-refractivity contribution in [3.8, 4) is 5.75 Å². The number of allylic oxidation sites excluding steroid dienone is 1. The van der Waals surface area contributed by atoms with Gasteiger partial charge in [-0.3, -0.25) is 4.79 Å². The molecule has 0 amide bonds. The van der Waals surface area contributed by atoms with Gasteiger partial charge in [0.25, 0.3) is 0 Å². The summed E-state index contributed by atoms with van der Waals surface area (Å²) < 4.78 is 5.73. The van der Waals surface area contributed by atoms with Gasteiger partial charge in [-0.25, -0.2) is 0 Å². The molecule has 0 unspecified atom stereocenters. The fourth-order valence-corrected chi connectivity index (χ4v) is 3.26. The summed E-state index contributed by atoms with van der Waals surface area (Å²) in [5.41, 5.74) is -0.178. The first-order valence-corrected chi connectivity index (χ1v) is 7.88. The van der Waals surface area contributed by atoms with Crippen molar-refractivity contribution in [3.05, 3.63) is 53.0 Å². The molecule has 0 aliphatic heterocycles. The van der Waals surface area contributed by atoms with Gasteiger partial charge in [-0.05, 0) is 40.3 Å². The summed E-state index contributed by atoms with van der Waals surface area (Å²) in [6.07, 6.45) is 1.72. The molecule has 0 radical (unpaired) electrons. The van der Waals surface area contributed by atoms with Gasteiger partial charge in [-0.2, -0.15) is 0 Å². The molecule has 1 saturated carbocycles. The van der Waals surface area contributed by atoms with E-state index < -0.39 is 0 Å². The summed E-state index contributed by atoms with van der Waals surface area (Å²) in [5, 5.41) is 2.16. The number of carbonyl (C=O) groups is 1. The van der Waals surface area contributed by atoms with Crippen molar-refractivity contribution in [2.24, 2.45) is 17.3 Å². The Bertz CT molecular complexity index is 761. The largest absolute Gasteiger partial charge is 0.426 e. The third kappa shape index (κ3) is 2.86. The van der Waals surface area contributed by atoms with E-state index in [1.165, 1.54) is 0 Å². The van der Waals surface area contributed by atoms with Crippen LogP contribution in [0.4, 0.5) is 0 Å². The van der Waals surface area contributed by atoms with E-state index in [0.717, 1.165) is 10.8 Å². The Morgan fingerprint density at radius 3 is 2.50 bits per heavy atom. The maximum absolute atomic E-state index is 12.4. The lowest BCUT2D eigenvalue weighted by Gasteiger charge is -2.06. The van der Waals surface area contributed by atoms with Crippen LogP contribution in [0.15, 0.2) is 53.0 Å². The molecule has 2 aromatic carbocycles. The molecule has 1 aliphatic rings. The number of rotatable bonds is 3. The van der Waals surface area contributed by atoms with Gasteiger partial charge in [0.05, 0.1) is 5.92 Å². The van der Waals surface area contributed by atoms with Gasteiger partial charge in [0.15, 0.2) is 0 Å². The van der Waals surface area contributed by atoms with Crippen LogP contribution in [-0.2, 0) is 4.79 Å². The molecular weight excluding hydrogens is 319 g/mol. The lowest BCUT2D eigenvalue weighted by Crippen LogP contribution is -2.13. The maximum Gasteiger partial charge on any atom is 0.315 e. The lowest BCUT2D eigenvalue weighted by atomic mass is 10.1. The number of hydrogen-bond acceptors (Lipinski definition) is 2. The van der Waals surface area contributed by atoms with Crippen molar-refractivity contribution < 1.29 is 9.53 Å². The van der Waals surface area contributed by atoms with Crippen molar-refractivity contribution >= 4 is 39.9 Å². The summed E-state index contributed by atoms with van der Waals surface area (Å²) in [7, 11) is 0. The predicted octanol–water partition coefficient (Wildman–Crippen LogP) is 5.34. The highest BCUT2D eigenvalue weighted by Crippen LogP contribution is 2.60. The number of ether oxygens (including phenoxy) is 1. The van der Waals surface area contributed by atoms with Crippen LogP contribution in [0.5, 0.6) is 5.75 Å². The monoisotopic (exact) mass is 334 g/mol. The zero-order valence-corrected chi connectivity index (χ0v) is 13.9. The molecule has 0 saturated heterocycles. The smallest absolute Gasteiger partial charge is 0.315 e. The SMILES string of the molecule is CC1(C)[C@@H](C=C(Cl)Cl)[C@@H]1C(=O)Oc1ccc2ccccc2c1. The minimum Gasteiger partial charge on any atom is -0.426 e. The zero-order chi connectivity index (χ0) is 15.9. The normalized spacial score (nSPS) is 22.2. The van der Waals surface area contributed by atoms with E-state index in [2.05, 4.69) is 0 Å². The number of carbonyl (C=O) groups excluding carboxylic acids is 1. The second-order valence-corrected chi connectivity index (χ2v) is 7.22. The van der Waals surface area contributed by atoms with Crippen molar-refractivity contribution in [1.29, 1.82) is 0 Å². The molecule has 2 nitrogen and oxygen atoms in total. The molecule has 4 heteroatoms. The Hall–Kier alpha value is -1.51. The molecule has 3 rings (SSSR count). The average molecular weight is 335 g/mol. The molecule has 0 spiro atoms. The second-order valence-electron chi connectivity index (χ2n) is 6.21. The van der Waals surface area contributed by atoms with Crippen molar-refractivity contribution in [2.45, 2.75) is 13.8 Å². The zero-order valence-electron chi connectivity index (χ0n) is 12.3. The van der Waals surface area contributed by atoms with Gasteiger partial charge in [0.1, 0.15) is 10.2 Å². The summed E-state index contributed by atoms with van der Waals surface area (Å²) in [6, 6.07) is 13.6. The van der Waals surface area contributed by atoms with E-state index in [4.69, 9.17) is 27.9 Å². The van der Waals surface area contributed by atoms with Crippen molar-refractivity contribution in [1.82, 2.24) is 0 Å². The molecule has 1 aliphatic carbocycles.